The van der Waals surface area contributed by atoms with Crippen molar-refractivity contribution in [1.82, 2.24) is 4.90 Å². The number of aliphatic carboxylic acids is 3. The van der Waals surface area contributed by atoms with E-state index in [0.29, 0.717) is 11.4 Å². The molecular weight excluding hydrogens is 258 g/mol. The topological polar surface area (TPSA) is 176 Å². The van der Waals surface area contributed by atoms with Crippen LogP contribution < -0.4 is 26.8 Å². The number of carbonyl (C=O) groups excluding carboxylic acids is 3. The molecule has 0 bridgehead atoms. The van der Waals surface area contributed by atoms with Crippen LogP contribution in [0.25, 0.3) is 0 Å². The van der Waals surface area contributed by atoms with Gasteiger partial charge < -0.3 is 41.2 Å². The fourth-order valence-electron chi connectivity index (χ4n) is 0.810. The third kappa shape index (κ3) is 12.5. The van der Waals surface area contributed by atoms with Gasteiger partial charge in [-0.1, -0.05) is 0 Å². The van der Waals surface area contributed by atoms with Crippen molar-refractivity contribution in [1.29, 1.82) is 0 Å². The Morgan fingerprint density at radius 2 is 1.37 bits per heavy atom. The number of carbonyl (C=O) groups is 3. The van der Waals surface area contributed by atoms with Crippen LogP contribution in [0.15, 0.2) is 0 Å². The minimum Gasteiger partial charge on any atom is -0.549 e. The zero-order valence-corrected chi connectivity index (χ0v) is 10.8. The molecule has 0 saturated heterocycles. The van der Waals surface area contributed by atoms with Crippen molar-refractivity contribution in [3.8, 4) is 0 Å². The number of carboxylic acid groups (broad SMARTS) is 3. The highest BCUT2D eigenvalue weighted by Crippen LogP contribution is 1.96. The molecule has 9 heteroatoms. The lowest BCUT2D eigenvalue weighted by atomic mass is 10.3. The van der Waals surface area contributed by atoms with Crippen LogP contribution in [-0.2, 0) is 14.4 Å². The Balaban J connectivity index is 0. The monoisotopic (exact) mass is 276 g/mol. The van der Waals surface area contributed by atoms with Crippen molar-refractivity contribution >= 4 is 17.9 Å². The van der Waals surface area contributed by atoms with E-state index >= 15 is 0 Å². The highest BCUT2D eigenvalue weighted by molar-refractivity contribution is 5.75. The molecule has 0 saturated carbocycles. The first-order chi connectivity index (χ1) is 8.61. The molecule has 0 heterocycles. The van der Waals surface area contributed by atoms with Crippen molar-refractivity contribution in [2.75, 3.05) is 19.6 Å². The van der Waals surface area contributed by atoms with E-state index < -0.39 is 37.0 Å². The molecule has 0 amide bonds. The molecule has 0 unspecified atom stereocenters. The van der Waals surface area contributed by atoms with E-state index in [2.05, 4.69) is 0 Å². The summed E-state index contributed by atoms with van der Waals surface area (Å²) >= 11 is 0. The zero-order chi connectivity index (χ0) is 15.6. The van der Waals surface area contributed by atoms with Gasteiger partial charge in [-0.05, 0) is 13.8 Å². The molecule has 0 aliphatic heterocycles. The smallest absolute Gasteiger partial charge is 0.0584 e. The first-order valence-corrected chi connectivity index (χ1v) is 5.42. The second-order valence-electron chi connectivity index (χ2n) is 3.86. The van der Waals surface area contributed by atoms with Crippen molar-refractivity contribution < 1.29 is 29.7 Å². The van der Waals surface area contributed by atoms with Gasteiger partial charge in [-0.15, -0.1) is 0 Å². The summed E-state index contributed by atoms with van der Waals surface area (Å²) in [5, 5.41) is 30.6. The van der Waals surface area contributed by atoms with Crippen LogP contribution >= 0.6 is 0 Å². The molecule has 0 rings (SSSR count). The van der Waals surface area contributed by atoms with E-state index in [1.54, 1.807) is 0 Å². The molecule has 0 aliphatic carbocycles. The Hall–Kier alpha value is -1.71. The highest BCUT2D eigenvalue weighted by atomic mass is 16.4. The van der Waals surface area contributed by atoms with Crippen LogP contribution in [0, 0.1) is 0 Å². The fourth-order valence-corrected chi connectivity index (χ4v) is 0.810. The molecule has 0 aromatic carbocycles. The number of carboxylic acids is 3. The molecule has 112 valence electrons. The Morgan fingerprint density at radius 3 is 1.53 bits per heavy atom. The second kappa shape index (κ2) is 10.2. The van der Waals surface area contributed by atoms with Gasteiger partial charge in [-0.2, -0.15) is 0 Å². The highest BCUT2D eigenvalue weighted by Gasteiger charge is 2.14. The van der Waals surface area contributed by atoms with Gasteiger partial charge in [-0.25, -0.2) is 0 Å². The summed E-state index contributed by atoms with van der Waals surface area (Å²) in [6.07, 6.45) is 0. The first-order valence-electron chi connectivity index (χ1n) is 5.42. The molecule has 0 fully saturated rings. The number of rotatable bonds is 7. The number of nitrogens with zero attached hydrogens (tertiary/aromatic N) is 1. The van der Waals surface area contributed by atoms with E-state index in [9.17, 15) is 29.7 Å². The van der Waals surface area contributed by atoms with Gasteiger partial charge in [-0.3, -0.25) is 4.90 Å². The van der Waals surface area contributed by atoms with E-state index in [0.717, 1.165) is 6.92 Å². The van der Waals surface area contributed by atoms with Crippen molar-refractivity contribution in [2.24, 2.45) is 11.5 Å². The third-order valence-electron chi connectivity index (χ3n) is 1.92. The molecule has 0 aromatic heterocycles. The average Bonchev–Trinajstić information content (AvgIpc) is 2.26. The fraction of sp³-hybridized carbons (Fsp3) is 0.700. The summed E-state index contributed by atoms with van der Waals surface area (Å²) in [6, 6.07) is -1.17. The van der Waals surface area contributed by atoms with Crippen LogP contribution in [-0.4, -0.2) is 54.5 Å². The quantitative estimate of drug-likeness (QED) is 0.458. The van der Waals surface area contributed by atoms with Crippen molar-refractivity contribution in [2.45, 2.75) is 25.9 Å². The Bertz CT molecular complexity index is 292. The zero-order valence-electron chi connectivity index (χ0n) is 10.8. The van der Waals surface area contributed by atoms with Gasteiger partial charge in [0, 0.05) is 31.7 Å². The molecule has 0 radical (unpaired) electrons. The van der Waals surface area contributed by atoms with Crippen molar-refractivity contribution in [3.05, 3.63) is 0 Å². The molecular formula is C10H18N3O6-3. The summed E-state index contributed by atoms with van der Waals surface area (Å²) in [7, 11) is 0. The van der Waals surface area contributed by atoms with Gasteiger partial charge >= 0.3 is 0 Å². The molecule has 4 N–H and O–H groups in total. The Morgan fingerprint density at radius 1 is 1.05 bits per heavy atom. The summed E-state index contributed by atoms with van der Waals surface area (Å²) in [5.41, 5.74) is 10.2. The van der Waals surface area contributed by atoms with Crippen LogP contribution in [0.4, 0.5) is 0 Å². The van der Waals surface area contributed by atoms with Crippen LogP contribution in [0.2, 0.25) is 0 Å². The van der Waals surface area contributed by atoms with Crippen molar-refractivity contribution in [3.63, 3.8) is 0 Å². The van der Waals surface area contributed by atoms with E-state index in [4.69, 9.17) is 11.5 Å². The minimum absolute atomic E-state index is 0.162. The van der Waals surface area contributed by atoms with Gasteiger partial charge in [0.1, 0.15) is 0 Å². The Labute approximate surface area is 110 Å². The number of hydrogen-bond acceptors (Lipinski definition) is 9. The molecule has 0 spiro atoms. The molecule has 2 atom stereocenters. The van der Waals surface area contributed by atoms with Gasteiger partial charge in [0.25, 0.3) is 0 Å². The predicted molar refractivity (Wildman–Crippen MR) is 58.8 cm³/mol. The van der Waals surface area contributed by atoms with Gasteiger partial charge in [0.15, 0.2) is 0 Å². The van der Waals surface area contributed by atoms with Gasteiger partial charge in [0.05, 0.1) is 17.9 Å². The number of hydrogen-bond donors (Lipinski definition) is 2. The van der Waals surface area contributed by atoms with Crippen LogP contribution in [0.1, 0.15) is 13.8 Å². The largest absolute Gasteiger partial charge is 0.549 e. The lowest BCUT2D eigenvalue weighted by Gasteiger charge is -2.30. The molecule has 0 aliphatic rings. The van der Waals surface area contributed by atoms with Crippen LogP contribution in [0.3, 0.4) is 0 Å². The Kier molecular flexibility index (Phi) is 10.6. The summed E-state index contributed by atoms with van der Waals surface area (Å²) < 4.78 is 0. The predicted octanol–water partition coefficient (Wildman–Crippen LogP) is -5.78. The van der Waals surface area contributed by atoms with E-state index in [1.807, 2.05) is 6.92 Å². The lowest BCUT2D eigenvalue weighted by Crippen LogP contribution is -2.53. The number of nitrogens with two attached hydrogens (primary N) is 2. The molecule has 9 nitrogen and oxygen atoms in total. The molecule has 0 aromatic rings. The average molecular weight is 276 g/mol. The third-order valence-corrected chi connectivity index (χ3v) is 1.92. The summed E-state index contributed by atoms with van der Waals surface area (Å²) in [5.74, 6) is -4.70. The first kappa shape index (κ1) is 19.6. The second-order valence-corrected chi connectivity index (χ2v) is 3.86. The van der Waals surface area contributed by atoms with E-state index in [-0.39, 0.29) is 6.04 Å². The standard InChI is InChI=1S/C7H11NO6.C3H10N2/c1-4(7(13)14)8(2-5(9)10)3-6(11)12;1-3(5)2-4/h4H,2-3H2,1H3,(H,9,10)(H,11,12)(H,13,14);3H,2,4-5H2,1H3/p-3/t4-;3-/m10/s1. The lowest BCUT2D eigenvalue weighted by molar-refractivity contribution is -0.317. The van der Waals surface area contributed by atoms with Gasteiger partial charge in [0.2, 0.25) is 0 Å². The SMILES string of the molecule is C[C@H](C(=O)[O-])N(CC(=O)[O-])CC(=O)[O-].C[C@H](N)CN. The minimum atomic E-state index is -1.57. The summed E-state index contributed by atoms with van der Waals surface area (Å²) in [6.45, 7) is 1.97. The maximum absolute atomic E-state index is 10.3. The molecule has 19 heavy (non-hydrogen) atoms. The maximum atomic E-state index is 10.3. The summed E-state index contributed by atoms with van der Waals surface area (Å²) in [4.78, 5) is 31.3. The van der Waals surface area contributed by atoms with E-state index in [1.165, 1.54) is 0 Å². The normalized spacial score (nSPS) is 13.1. The van der Waals surface area contributed by atoms with Crippen LogP contribution in [0.5, 0.6) is 0 Å². The maximum Gasteiger partial charge on any atom is 0.0584 e.